The first-order valence-electron chi connectivity index (χ1n) is 12.8. The van der Waals surface area contributed by atoms with Gasteiger partial charge in [-0.25, -0.2) is 0 Å². The number of benzene rings is 2. The lowest BCUT2D eigenvalue weighted by Crippen LogP contribution is -2.53. The van der Waals surface area contributed by atoms with E-state index in [1.165, 1.54) is 61.8 Å². The molecular formula is C31H37BN2. The summed E-state index contributed by atoms with van der Waals surface area (Å²) in [6.07, 6.45) is 0.0156. The highest BCUT2D eigenvalue weighted by atomic mass is 15.2. The lowest BCUT2D eigenvalue weighted by molar-refractivity contribution is -0.336. The van der Waals surface area contributed by atoms with Gasteiger partial charge in [-0.2, -0.15) is 0 Å². The van der Waals surface area contributed by atoms with E-state index in [-0.39, 0.29) is 0 Å². The fourth-order valence-electron chi connectivity index (χ4n) is 6.93. The van der Waals surface area contributed by atoms with Gasteiger partial charge in [0, 0.05) is 29.3 Å². The summed E-state index contributed by atoms with van der Waals surface area (Å²) in [5.74, 6) is 0.579. The van der Waals surface area contributed by atoms with Crippen LogP contribution < -0.4 is 0 Å². The van der Waals surface area contributed by atoms with Gasteiger partial charge in [-0.15, -0.1) is 13.6 Å². The summed E-state index contributed by atoms with van der Waals surface area (Å²) in [5.41, 5.74) is 15.4. The van der Waals surface area contributed by atoms with Crippen molar-refractivity contribution in [3.63, 3.8) is 0 Å². The molecule has 0 unspecified atom stereocenters. The Hall–Kier alpha value is -3.07. The van der Waals surface area contributed by atoms with Crippen LogP contribution in [0.4, 0.5) is 0 Å². The van der Waals surface area contributed by atoms with Crippen LogP contribution in [0.3, 0.4) is 0 Å². The van der Waals surface area contributed by atoms with Crippen LogP contribution in [0, 0.1) is 19.8 Å². The second-order valence-electron chi connectivity index (χ2n) is 11.1. The molecule has 5 rings (SSSR count). The zero-order valence-electron chi connectivity index (χ0n) is 22.0. The zero-order chi connectivity index (χ0) is 24.4. The molecule has 0 saturated heterocycles. The lowest BCUT2D eigenvalue weighted by Gasteiger charge is -2.40. The van der Waals surface area contributed by atoms with Gasteiger partial charge < -0.3 is 8.96 Å². The molecule has 1 aromatic heterocycles. The zero-order valence-corrected chi connectivity index (χ0v) is 22.0. The molecule has 0 saturated carbocycles. The summed E-state index contributed by atoms with van der Waals surface area (Å²) in [6, 6.07) is 21.9. The Morgan fingerprint density at radius 2 is 1.38 bits per heavy atom. The minimum atomic E-state index is -1.06. The minimum Gasteiger partial charge on any atom is -0.458 e. The molecule has 2 nitrogen and oxygen atoms in total. The molecule has 0 atom stereocenters. The number of hydrogen-bond donors (Lipinski definition) is 0. The molecule has 3 aromatic rings. The van der Waals surface area contributed by atoms with Crippen LogP contribution >= 0.6 is 0 Å². The first kappa shape index (κ1) is 22.7. The van der Waals surface area contributed by atoms with Gasteiger partial charge >= 0.3 is 6.42 Å². The first-order valence-corrected chi connectivity index (χ1v) is 12.8. The molecule has 0 radical (unpaired) electrons. The summed E-state index contributed by atoms with van der Waals surface area (Å²) >= 11 is 0. The van der Waals surface area contributed by atoms with E-state index in [2.05, 4.69) is 125 Å². The molecule has 2 aromatic carbocycles. The number of hydrogen-bond acceptors (Lipinski definition) is 0. The van der Waals surface area contributed by atoms with Crippen LogP contribution in [0.15, 0.2) is 71.9 Å². The Labute approximate surface area is 205 Å². The van der Waals surface area contributed by atoms with Gasteiger partial charge in [-0.05, 0) is 55.5 Å². The molecule has 0 fully saturated rings. The summed E-state index contributed by atoms with van der Waals surface area (Å²) in [6.45, 7) is 18.9. The highest BCUT2D eigenvalue weighted by Crippen LogP contribution is 2.48. The summed E-state index contributed by atoms with van der Waals surface area (Å²) in [7, 11) is 0. The van der Waals surface area contributed by atoms with Gasteiger partial charge in [-0.1, -0.05) is 74.5 Å². The van der Waals surface area contributed by atoms with E-state index in [4.69, 9.17) is 0 Å². The molecule has 2 aliphatic heterocycles. The fourth-order valence-corrected chi connectivity index (χ4v) is 6.93. The molecule has 0 spiro atoms. The molecule has 0 bridgehead atoms. The number of aromatic nitrogens is 1. The van der Waals surface area contributed by atoms with Gasteiger partial charge in [-0.3, -0.25) is 0 Å². The monoisotopic (exact) mass is 448 g/mol. The van der Waals surface area contributed by atoms with Crippen molar-refractivity contribution in [3.8, 4) is 11.1 Å². The Bertz CT molecular complexity index is 1380. The van der Waals surface area contributed by atoms with Gasteiger partial charge in [0.1, 0.15) is 5.71 Å². The Morgan fingerprint density at radius 3 is 1.94 bits per heavy atom. The molecular weight excluding hydrogens is 411 g/mol. The highest BCUT2D eigenvalue weighted by molar-refractivity contribution is 6.70. The fraction of sp³-hybridized carbons (Fsp3) is 0.323. The molecule has 0 aliphatic carbocycles. The van der Waals surface area contributed by atoms with E-state index in [0.29, 0.717) is 5.92 Å². The van der Waals surface area contributed by atoms with Crippen LogP contribution in [0.5, 0.6) is 0 Å². The maximum Gasteiger partial charge on any atom is 0.373 e. The van der Waals surface area contributed by atoms with Crippen LogP contribution in [0.1, 0.15) is 56.6 Å². The predicted molar refractivity (Wildman–Crippen MR) is 149 cm³/mol. The molecule has 2 aliphatic rings. The van der Waals surface area contributed by atoms with E-state index in [1.807, 2.05) is 0 Å². The van der Waals surface area contributed by atoms with E-state index >= 15 is 0 Å². The largest absolute Gasteiger partial charge is 0.458 e. The van der Waals surface area contributed by atoms with Crippen molar-refractivity contribution < 1.29 is 4.49 Å². The quantitative estimate of drug-likeness (QED) is 0.357. The smallest absolute Gasteiger partial charge is 0.373 e. The molecule has 0 N–H and O–H groups in total. The average Bonchev–Trinajstić information content (AvgIpc) is 3.23. The number of rotatable bonds is 4. The third-order valence-corrected chi connectivity index (χ3v) is 7.96. The Balaban J connectivity index is 1.89. The van der Waals surface area contributed by atoms with Crippen molar-refractivity contribution in [2.75, 3.05) is 0 Å². The summed E-state index contributed by atoms with van der Waals surface area (Å²) in [4.78, 5) is 0. The van der Waals surface area contributed by atoms with Crippen molar-refractivity contribution in [2.24, 2.45) is 5.92 Å². The normalized spacial score (nSPS) is 17.1. The topological polar surface area (TPSA) is 7.94 Å². The van der Waals surface area contributed by atoms with E-state index in [9.17, 15) is 0 Å². The van der Waals surface area contributed by atoms with E-state index in [0.717, 1.165) is 6.42 Å². The van der Waals surface area contributed by atoms with E-state index in [1.54, 1.807) is 0 Å². The molecule has 34 heavy (non-hydrogen) atoms. The maximum atomic E-state index is 2.68. The van der Waals surface area contributed by atoms with Crippen LogP contribution in [-0.4, -0.2) is 21.1 Å². The number of fused-ring (bicyclic) bond motifs is 2. The highest BCUT2D eigenvalue weighted by Gasteiger charge is 2.47. The lowest BCUT2D eigenvalue weighted by atomic mass is 9.48. The molecule has 3 heteroatoms. The number of nitrogens with zero attached hydrogens (tertiary/aromatic N) is 2. The SMILES string of the molecule is CC1=C(c2ccccc2)C(C)=[N+]2C1=C(CC(C)C)c1c(C)c(-c3ccccc3)c(C)n1[B-]2(C)C. The Morgan fingerprint density at radius 1 is 0.824 bits per heavy atom. The second-order valence-corrected chi connectivity index (χ2v) is 11.1. The average molecular weight is 448 g/mol. The van der Waals surface area contributed by atoms with Gasteiger partial charge in [0.05, 0.1) is 5.57 Å². The summed E-state index contributed by atoms with van der Waals surface area (Å²) < 4.78 is 5.37. The van der Waals surface area contributed by atoms with Crippen molar-refractivity contribution >= 4 is 23.3 Å². The molecule has 174 valence electrons. The first-order chi connectivity index (χ1) is 16.2. The third kappa shape index (κ3) is 3.13. The number of allylic oxidation sites excluding steroid dienone is 3. The van der Waals surface area contributed by atoms with Crippen LogP contribution in [0.25, 0.3) is 22.3 Å². The predicted octanol–water partition coefficient (Wildman–Crippen LogP) is 8.05. The van der Waals surface area contributed by atoms with Gasteiger partial charge in [0.15, 0.2) is 5.70 Å². The van der Waals surface area contributed by atoms with Crippen molar-refractivity contribution in [1.82, 2.24) is 4.48 Å². The van der Waals surface area contributed by atoms with Crippen LogP contribution in [-0.2, 0) is 0 Å². The van der Waals surface area contributed by atoms with Crippen molar-refractivity contribution in [3.05, 3.63) is 94.4 Å². The van der Waals surface area contributed by atoms with Gasteiger partial charge in [0.2, 0.25) is 0 Å². The summed E-state index contributed by atoms with van der Waals surface area (Å²) in [5, 5.41) is 0. The van der Waals surface area contributed by atoms with Crippen molar-refractivity contribution in [2.45, 2.75) is 61.6 Å². The maximum absolute atomic E-state index is 2.68. The minimum absolute atomic E-state index is 0.579. The van der Waals surface area contributed by atoms with E-state index < -0.39 is 6.42 Å². The molecule has 0 amide bonds. The standard InChI is InChI=1S/C31H37BN2/c1-20(2)19-27-30-21(3)28(25-15-11-9-12-16-25)23(5)33(30)32(7,8)34-24(6)29(22(4)31(27)34)26-17-13-10-14-18-26/h9-18,20H,19H2,1-8H3. The second kappa shape index (κ2) is 8.01. The van der Waals surface area contributed by atoms with Gasteiger partial charge in [0.25, 0.3) is 0 Å². The molecule has 3 heterocycles. The third-order valence-electron chi connectivity index (χ3n) is 7.96. The van der Waals surface area contributed by atoms with Crippen LogP contribution in [0.2, 0.25) is 13.6 Å². The van der Waals surface area contributed by atoms with Crippen molar-refractivity contribution in [1.29, 1.82) is 0 Å². The Kier molecular flexibility index (Phi) is 5.35.